The van der Waals surface area contributed by atoms with Crippen molar-refractivity contribution in [1.82, 2.24) is 4.90 Å². The number of carbonyl (C=O) groups is 2. The van der Waals surface area contributed by atoms with Crippen molar-refractivity contribution in [1.29, 1.82) is 0 Å². The maximum absolute atomic E-state index is 12.9. The number of carboxylic acid groups (broad SMARTS) is 1. The van der Waals surface area contributed by atoms with Crippen molar-refractivity contribution in [3.8, 4) is 0 Å². The lowest BCUT2D eigenvalue weighted by Crippen LogP contribution is -2.55. The second kappa shape index (κ2) is 16.0. The van der Waals surface area contributed by atoms with E-state index in [0.717, 1.165) is 10.6 Å². The number of rotatable bonds is 6. The summed E-state index contributed by atoms with van der Waals surface area (Å²) in [5.41, 5.74) is 0.781. The molecule has 3 aromatic rings. The van der Waals surface area contributed by atoms with E-state index in [1.165, 1.54) is 29.2 Å². The highest BCUT2D eigenvalue weighted by atomic mass is 35.5. The molecular weight excluding hydrogens is 523 g/mol. The largest absolute Gasteiger partial charge is 0.480 e. The van der Waals surface area contributed by atoms with Crippen molar-refractivity contribution in [2.45, 2.75) is 38.3 Å². The summed E-state index contributed by atoms with van der Waals surface area (Å²) in [7, 11) is 0. The summed E-state index contributed by atoms with van der Waals surface area (Å²) < 4.78 is 30.6. The molecule has 5 nitrogen and oxygen atoms in total. The minimum absolute atomic E-state index is 0.174. The van der Waals surface area contributed by atoms with E-state index < -0.39 is 18.1 Å². The fraction of sp³-hybridized carbons (Fsp3) is 0.286. The fourth-order valence-electron chi connectivity index (χ4n) is 3.49. The Kier molecular flexibility index (Phi) is 13.0. The number of aliphatic carboxylic acids is 1. The van der Waals surface area contributed by atoms with Crippen LogP contribution in [0.25, 0.3) is 0 Å². The van der Waals surface area contributed by atoms with Crippen LogP contribution in [0.5, 0.6) is 0 Å². The van der Waals surface area contributed by atoms with E-state index in [9.17, 15) is 23.5 Å². The summed E-state index contributed by atoms with van der Waals surface area (Å²) in [4.78, 5) is 25.2. The Morgan fingerprint density at radius 2 is 1.65 bits per heavy atom. The number of hydrogen-bond donors (Lipinski definition) is 1. The van der Waals surface area contributed by atoms with Gasteiger partial charge in [0.1, 0.15) is 23.8 Å². The van der Waals surface area contributed by atoms with Crippen LogP contribution in [0.1, 0.15) is 25.3 Å². The zero-order valence-corrected chi connectivity index (χ0v) is 21.8. The number of hydrogen-bond acceptors (Lipinski definition) is 3. The summed E-state index contributed by atoms with van der Waals surface area (Å²) in [6, 6.07) is 20.6. The maximum Gasteiger partial charge on any atom is 0.326 e. The molecule has 1 aliphatic heterocycles. The first-order chi connectivity index (χ1) is 17.7. The van der Waals surface area contributed by atoms with E-state index in [2.05, 4.69) is 0 Å². The number of carbonyl (C=O) groups excluding carboxylic acids is 1. The zero-order chi connectivity index (χ0) is 27.2. The van der Waals surface area contributed by atoms with Gasteiger partial charge < -0.3 is 14.7 Å². The van der Waals surface area contributed by atoms with Gasteiger partial charge in [0.2, 0.25) is 0 Å². The van der Waals surface area contributed by atoms with Gasteiger partial charge in [-0.1, -0.05) is 79.0 Å². The summed E-state index contributed by atoms with van der Waals surface area (Å²) in [6.07, 6.45) is 0.709. The molecule has 2 atom stereocenters. The molecule has 0 radical (unpaired) electrons. The molecule has 3 aromatic carbocycles. The molecule has 1 aliphatic rings. The summed E-state index contributed by atoms with van der Waals surface area (Å²) >= 11 is 10.9. The molecule has 1 fully saturated rings. The molecule has 0 aromatic heterocycles. The molecule has 4 rings (SSSR count). The molecule has 198 valence electrons. The Morgan fingerprint density at radius 3 is 2.14 bits per heavy atom. The van der Waals surface area contributed by atoms with Gasteiger partial charge in [-0.2, -0.15) is 0 Å². The van der Waals surface area contributed by atoms with E-state index in [-0.39, 0.29) is 29.1 Å². The zero-order valence-electron chi connectivity index (χ0n) is 20.3. The minimum atomic E-state index is -0.988. The molecule has 0 spiro atoms. The maximum atomic E-state index is 12.9. The van der Waals surface area contributed by atoms with Crippen LogP contribution in [0.3, 0.4) is 0 Å². The summed E-state index contributed by atoms with van der Waals surface area (Å²) in [5, 5.41) is 10.3. The van der Waals surface area contributed by atoms with Crippen LogP contribution in [0, 0.1) is 11.6 Å². The molecule has 0 saturated carbocycles. The predicted octanol–water partition coefficient (Wildman–Crippen LogP) is 6.67. The molecule has 1 heterocycles. The number of morpholine rings is 1. The number of benzene rings is 3. The van der Waals surface area contributed by atoms with Crippen LogP contribution in [-0.4, -0.2) is 47.2 Å². The first-order valence-electron chi connectivity index (χ1n) is 11.7. The van der Waals surface area contributed by atoms with Crippen molar-refractivity contribution >= 4 is 35.1 Å². The second-order valence-electron chi connectivity index (χ2n) is 8.07. The van der Waals surface area contributed by atoms with Gasteiger partial charge in [-0.3, -0.25) is 4.79 Å². The van der Waals surface area contributed by atoms with Gasteiger partial charge in [0.25, 0.3) is 5.91 Å². The SMILES string of the molecule is CCCC(C(=O)O)N1CCOC(Cc2ccc(F)cc2)C1=O.Clc1ccccc1.Fc1ccccc1Cl. The normalized spacial score (nSPS) is 15.5. The van der Waals surface area contributed by atoms with Crippen LogP contribution in [0.15, 0.2) is 78.9 Å². The quantitative estimate of drug-likeness (QED) is 0.371. The van der Waals surface area contributed by atoms with Crippen LogP contribution in [-0.2, 0) is 20.7 Å². The van der Waals surface area contributed by atoms with E-state index >= 15 is 0 Å². The third-order valence-electron chi connectivity index (χ3n) is 5.32. The highest BCUT2D eigenvalue weighted by Crippen LogP contribution is 2.18. The Morgan fingerprint density at radius 1 is 1.03 bits per heavy atom. The molecule has 1 amide bonds. The van der Waals surface area contributed by atoms with E-state index in [4.69, 9.17) is 27.9 Å². The van der Waals surface area contributed by atoms with Crippen molar-refractivity contribution in [3.05, 3.63) is 106 Å². The monoisotopic (exact) mass is 551 g/mol. The van der Waals surface area contributed by atoms with Crippen LogP contribution in [0.4, 0.5) is 8.78 Å². The van der Waals surface area contributed by atoms with E-state index in [0.29, 0.717) is 25.9 Å². The standard InChI is InChI=1S/C16H20FNO4.C6H4ClF.C6H5Cl/c1-2-3-13(16(20)21)18-8-9-22-14(15(18)19)10-11-4-6-12(17)7-5-11;7-5-3-1-2-4-6(5)8;7-6-4-2-1-3-5-6/h4-7,13-14H,2-3,8-10H2,1H3,(H,20,21);1-4H;1-5H. The van der Waals surface area contributed by atoms with Crippen molar-refractivity contribution < 1.29 is 28.2 Å². The van der Waals surface area contributed by atoms with Gasteiger partial charge in [-0.05, 0) is 48.4 Å². The highest BCUT2D eigenvalue weighted by Gasteiger charge is 2.36. The first kappa shape index (κ1) is 30.2. The molecule has 0 aliphatic carbocycles. The lowest BCUT2D eigenvalue weighted by molar-refractivity contribution is -0.164. The van der Waals surface area contributed by atoms with Gasteiger partial charge in [0.05, 0.1) is 11.6 Å². The molecule has 9 heteroatoms. The van der Waals surface area contributed by atoms with Gasteiger partial charge in [-0.15, -0.1) is 0 Å². The number of amides is 1. The molecule has 1 saturated heterocycles. The first-order valence-corrected chi connectivity index (χ1v) is 12.5. The second-order valence-corrected chi connectivity index (χ2v) is 8.92. The average molecular weight is 552 g/mol. The van der Waals surface area contributed by atoms with E-state index in [1.54, 1.807) is 24.3 Å². The lowest BCUT2D eigenvalue weighted by Gasteiger charge is -2.36. The predicted molar refractivity (Wildman–Crippen MR) is 141 cm³/mol. The molecule has 37 heavy (non-hydrogen) atoms. The van der Waals surface area contributed by atoms with Crippen molar-refractivity contribution in [2.24, 2.45) is 0 Å². The molecular formula is C28H29Cl2F2NO4. The van der Waals surface area contributed by atoms with Gasteiger partial charge in [0, 0.05) is 18.0 Å². The van der Waals surface area contributed by atoms with Gasteiger partial charge in [0.15, 0.2) is 0 Å². The van der Waals surface area contributed by atoms with Crippen LogP contribution < -0.4 is 0 Å². The molecule has 0 bridgehead atoms. The number of halogens is 4. The van der Waals surface area contributed by atoms with E-state index in [1.807, 2.05) is 37.3 Å². The fourth-order valence-corrected chi connectivity index (χ4v) is 3.77. The number of carboxylic acids is 1. The topological polar surface area (TPSA) is 66.8 Å². The van der Waals surface area contributed by atoms with Crippen LogP contribution in [0.2, 0.25) is 10.0 Å². The average Bonchev–Trinajstić information content (AvgIpc) is 2.88. The Balaban J connectivity index is 0.000000259. The highest BCUT2D eigenvalue weighted by molar-refractivity contribution is 6.30. The Bertz CT molecular complexity index is 1100. The third kappa shape index (κ3) is 10.5. The van der Waals surface area contributed by atoms with Crippen molar-refractivity contribution in [3.63, 3.8) is 0 Å². The Hall–Kier alpha value is -3.00. The molecule has 1 N–H and O–H groups in total. The van der Waals surface area contributed by atoms with Crippen molar-refractivity contribution in [2.75, 3.05) is 13.2 Å². The summed E-state index contributed by atoms with van der Waals surface area (Å²) in [6.45, 7) is 2.48. The summed E-state index contributed by atoms with van der Waals surface area (Å²) in [5.74, 6) is -2.00. The Labute approximate surface area is 225 Å². The third-order valence-corrected chi connectivity index (χ3v) is 5.88. The van der Waals surface area contributed by atoms with Crippen LogP contribution >= 0.6 is 23.2 Å². The van der Waals surface area contributed by atoms with Gasteiger partial charge in [-0.25, -0.2) is 13.6 Å². The van der Waals surface area contributed by atoms with Gasteiger partial charge >= 0.3 is 5.97 Å². The number of nitrogens with zero attached hydrogens (tertiary/aromatic N) is 1. The number of ether oxygens (including phenoxy) is 1. The smallest absolute Gasteiger partial charge is 0.326 e. The lowest BCUT2D eigenvalue weighted by atomic mass is 10.0. The molecule has 2 unspecified atom stereocenters. The minimum Gasteiger partial charge on any atom is -0.480 e.